The maximum absolute atomic E-state index is 5.62. The Labute approximate surface area is 112 Å². The van der Waals surface area contributed by atoms with Crippen LogP contribution in [-0.4, -0.2) is 9.97 Å². The van der Waals surface area contributed by atoms with Gasteiger partial charge in [0.15, 0.2) is 0 Å². The van der Waals surface area contributed by atoms with Crippen LogP contribution in [0.3, 0.4) is 0 Å². The lowest BCUT2D eigenvalue weighted by Gasteiger charge is -2.17. The van der Waals surface area contributed by atoms with Crippen LogP contribution in [0.25, 0.3) is 0 Å². The first-order valence-corrected chi connectivity index (χ1v) is 6.03. The SMILES string of the molecule is Cc1ccccc1C(C)Nc1cc(NN)nc(N)n1. The van der Waals surface area contributed by atoms with Crippen molar-refractivity contribution in [3.8, 4) is 0 Å². The van der Waals surface area contributed by atoms with Crippen LogP contribution in [0.1, 0.15) is 24.1 Å². The molecule has 2 aromatic rings. The molecule has 6 N–H and O–H groups in total. The largest absolute Gasteiger partial charge is 0.368 e. The molecule has 2 rings (SSSR count). The Kier molecular flexibility index (Phi) is 3.82. The van der Waals surface area contributed by atoms with Crippen LogP contribution in [0.2, 0.25) is 0 Å². The summed E-state index contributed by atoms with van der Waals surface area (Å²) in [4.78, 5) is 8.08. The van der Waals surface area contributed by atoms with Crippen molar-refractivity contribution < 1.29 is 0 Å². The average Bonchev–Trinajstić information content (AvgIpc) is 2.38. The summed E-state index contributed by atoms with van der Waals surface area (Å²) in [6.07, 6.45) is 0. The smallest absolute Gasteiger partial charge is 0.223 e. The molecule has 100 valence electrons. The molecule has 1 unspecified atom stereocenters. The molecule has 1 heterocycles. The third-order valence-corrected chi connectivity index (χ3v) is 2.91. The summed E-state index contributed by atoms with van der Waals surface area (Å²) in [5, 5.41) is 3.29. The van der Waals surface area contributed by atoms with E-state index in [2.05, 4.69) is 46.7 Å². The molecule has 0 amide bonds. The van der Waals surface area contributed by atoms with Crippen LogP contribution in [0.15, 0.2) is 30.3 Å². The monoisotopic (exact) mass is 258 g/mol. The number of anilines is 3. The second kappa shape index (κ2) is 5.53. The molecule has 0 radical (unpaired) electrons. The van der Waals surface area contributed by atoms with Gasteiger partial charge in [-0.3, -0.25) is 0 Å². The summed E-state index contributed by atoms with van der Waals surface area (Å²) in [5.74, 6) is 6.62. The fourth-order valence-electron chi connectivity index (χ4n) is 1.99. The molecule has 0 bridgehead atoms. The molecule has 0 saturated heterocycles. The molecule has 6 nitrogen and oxygen atoms in total. The van der Waals surface area contributed by atoms with Gasteiger partial charge in [-0.1, -0.05) is 24.3 Å². The minimum atomic E-state index is 0.112. The number of nitrogen functional groups attached to an aromatic ring is 2. The molecule has 0 fully saturated rings. The van der Waals surface area contributed by atoms with Crippen LogP contribution in [-0.2, 0) is 0 Å². The van der Waals surface area contributed by atoms with E-state index in [4.69, 9.17) is 11.6 Å². The number of nitrogens with one attached hydrogen (secondary N) is 2. The van der Waals surface area contributed by atoms with Crippen LogP contribution < -0.4 is 22.3 Å². The van der Waals surface area contributed by atoms with Crippen LogP contribution in [0, 0.1) is 6.92 Å². The van der Waals surface area contributed by atoms with Crippen molar-refractivity contribution in [1.82, 2.24) is 9.97 Å². The molecule has 1 aromatic carbocycles. The van der Waals surface area contributed by atoms with E-state index in [1.54, 1.807) is 6.07 Å². The van der Waals surface area contributed by atoms with E-state index >= 15 is 0 Å². The zero-order valence-corrected chi connectivity index (χ0v) is 11.0. The Morgan fingerprint density at radius 2 is 1.84 bits per heavy atom. The Hall–Kier alpha value is -2.34. The van der Waals surface area contributed by atoms with Gasteiger partial charge in [0.1, 0.15) is 11.6 Å². The highest BCUT2D eigenvalue weighted by molar-refractivity contribution is 5.51. The number of nitrogens with zero attached hydrogens (tertiary/aromatic N) is 2. The molecule has 6 heteroatoms. The number of hydrogen-bond acceptors (Lipinski definition) is 6. The second-order valence-electron chi connectivity index (χ2n) is 4.36. The van der Waals surface area contributed by atoms with E-state index in [0.29, 0.717) is 11.6 Å². The lowest BCUT2D eigenvalue weighted by atomic mass is 10.0. The minimum Gasteiger partial charge on any atom is -0.368 e. The maximum atomic E-state index is 5.62. The van der Waals surface area contributed by atoms with Crippen molar-refractivity contribution in [2.24, 2.45) is 5.84 Å². The number of hydrazine groups is 1. The summed E-state index contributed by atoms with van der Waals surface area (Å²) >= 11 is 0. The molecule has 1 aromatic heterocycles. The van der Waals surface area contributed by atoms with Gasteiger partial charge in [0.2, 0.25) is 5.95 Å². The van der Waals surface area contributed by atoms with E-state index in [0.717, 1.165) is 0 Å². The van der Waals surface area contributed by atoms with E-state index in [1.807, 2.05) is 12.1 Å². The predicted molar refractivity (Wildman–Crippen MR) is 77.5 cm³/mol. The zero-order chi connectivity index (χ0) is 13.8. The number of aryl methyl sites for hydroxylation is 1. The number of nitrogens with two attached hydrogens (primary N) is 2. The maximum Gasteiger partial charge on any atom is 0.223 e. The first-order valence-electron chi connectivity index (χ1n) is 6.03. The molecule has 1 atom stereocenters. The molecular weight excluding hydrogens is 240 g/mol. The van der Waals surface area contributed by atoms with E-state index < -0.39 is 0 Å². The van der Waals surface area contributed by atoms with Gasteiger partial charge in [0.25, 0.3) is 0 Å². The quantitative estimate of drug-likeness (QED) is 0.493. The van der Waals surface area contributed by atoms with E-state index in [9.17, 15) is 0 Å². The van der Waals surface area contributed by atoms with Crippen molar-refractivity contribution in [2.75, 3.05) is 16.5 Å². The van der Waals surface area contributed by atoms with Crippen molar-refractivity contribution in [3.63, 3.8) is 0 Å². The molecule has 0 aliphatic heterocycles. The van der Waals surface area contributed by atoms with Gasteiger partial charge in [-0.25, -0.2) is 5.84 Å². The lowest BCUT2D eigenvalue weighted by molar-refractivity contribution is 0.863. The lowest BCUT2D eigenvalue weighted by Crippen LogP contribution is -2.14. The number of hydrogen-bond donors (Lipinski definition) is 4. The molecule has 0 spiro atoms. The Morgan fingerprint density at radius 3 is 2.53 bits per heavy atom. The van der Waals surface area contributed by atoms with Gasteiger partial charge in [-0.2, -0.15) is 9.97 Å². The third kappa shape index (κ3) is 3.11. The summed E-state index contributed by atoms with van der Waals surface area (Å²) < 4.78 is 0. The molecule has 19 heavy (non-hydrogen) atoms. The fraction of sp³-hybridized carbons (Fsp3) is 0.231. The van der Waals surface area contributed by atoms with Crippen LogP contribution >= 0.6 is 0 Å². The highest BCUT2D eigenvalue weighted by atomic mass is 15.3. The van der Waals surface area contributed by atoms with Crippen molar-refractivity contribution in [2.45, 2.75) is 19.9 Å². The average molecular weight is 258 g/mol. The van der Waals surface area contributed by atoms with Crippen molar-refractivity contribution in [3.05, 3.63) is 41.5 Å². The van der Waals surface area contributed by atoms with Crippen molar-refractivity contribution >= 4 is 17.6 Å². The highest BCUT2D eigenvalue weighted by Crippen LogP contribution is 2.22. The van der Waals surface area contributed by atoms with Crippen LogP contribution in [0.4, 0.5) is 17.6 Å². The summed E-state index contributed by atoms with van der Waals surface area (Å²) in [6, 6.07) is 10.0. The Bertz CT molecular complexity index is 569. The second-order valence-corrected chi connectivity index (χ2v) is 4.36. The molecule has 0 aliphatic carbocycles. The highest BCUT2D eigenvalue weighted by Gasteiger charge is 2.09. The Morgan fingerprint density at radius 1 is 1.16 bits per heavy atom. The van der Waals surface area contributed by atoms with Gasteiger partial charge in [-0.15, -0.1) is 0 Å². The normalized spacial score (nSPS) is 11.9. The van der Waals surface area contributed by atoms with E-state index in [-0.39, 0.29) is 12.0 Å². The molecule has 0 aliphatic rings. The Balaban J connectivity index is 2.21. The number of rotatable bonds is 4. The van der Waals surface area contributed by atoms with E-state index in [1.165, 1.54) is 11.1 Å². The third-order valence-electron chi connectivity index (χ3n) is 2.91. The summed E-state index contributed by atoms with van der Waals surface area (Å²) in [7, 11) is 0. The molecular formula is C13H18N6. The fourth-order valence-corrected chi connectivity index (χ4v) is 1.99. The first-order chi connectivity index (χ1) is 9.10. The predicted octanol–water partition coefficient (Wildman–Crippen LogP) is 1.83. The minimum absolute atomic E-state index is 0.112. The zero-order valence-electron chi connectivity index (χ0n) is 11.0. The van der Waals surface area contributed by atoms with Crippen LogP contribution in [0.5, 0.6) is 0 Å². The summed E-state index contributed by atoms with van der Waals surface area (Å²) in [5.41, 5.74) is 10.5. The first kappa shape index (κ1) is 13.1. The number of aromatic nitrogens is 2. The van der Waals surface area contributed by atoms with Gasteiger partial charge in [-0.05, 0) is 25.0 Å². The van der Waals surface area contributed by atoms with Crippen molar-refractivity contribution in [1.29, 1.82) is 0 Å². The van der Waals surface area contributed by atoms with Gasteiger partial charge in [0.05, 0.1) is 6.04 Å². The number of benzene rings is 1. The van der Waals surface area contributed by atoms with Gasteiger partial charge < -0.3 is 16.5 Å². The topological polar surface area (TPSA) is 102 Å². The standard InChI is InChI=1S/C13H18N6/c1-8-5-3-4-6-10(8)9(2)16-11-7-12(19-15)18-13(14)17-11/h3-7,9H,15H2,1-2H3,(H4,14,16,17,18,19). The van der Waals surface area contributed by atoms with Gasteiger partial charge in [0, 0.05) is 6.07 Å². The molecule has 0 saturated carbocycles. The van der Waals surface area contributed by atoms with Gasteiger partial charge >= 0.3 is 0 Å². The summed E-state index contributed by atoms with van der Waals surface area (Å²) in [6.45, 7) is 4.14.